The molecule has 0 amide bonds. The fourth-order valence-electron chi connectivity index (χ4n) is 2.88. The Kier molecular flexibility index (Phi) is 4.45. The highest BCUT2D eigenvalue weighted by atomic mass is 35.5. The maximum atomic E-state index is 13.3. The fraction of sp³-hybridized carbons (Fsp3) is 0.158. The second kappa shape index (κ2) is 6.92. The van der Waals surface area contributed by atoms with Gasteiger partial charge < -0.3 is 4.74 Å². The number of halogens is 2. The van der Waals surface area contributed by atoms with Crippen molar-refractivity contribution in [2.75, 3.05) is 6.61 Å². The molecule has 0 fully saturated rings. The molecule has 0 unspecified atom stereocenters. The van der Waals surface area contributed by atoms with E-state index in [1.165, 1.54) is 18.5 Å². The van der Waals surface area contributed by atoms with Gasteiger partial charge in [-0.1, -0.05) is 11.6 Å². The molecule has 0 atom stereocenters. The quantitative estimate of drug-likeness (QED) is 0.492. The molecule has 0 aliphatic rings. The van der Waals surface area contributed by atoms with Crippen LogP contribution < -0.4 is 4.74 Å². The first-order chi connectivity index (χ1) is 13.1. The Bertz CT molecular complexity index is 1130. The van der Waals surface area contributed by atoms with Gasteiger partial charge in [0.2, 0.25) is 0 Å². The number of pyridine rings is 1. The predicted molar refractivity (Wildman–Crippen MR) is 101 cm³/mol. The maximum Gasteiger partial charge on any atom is 0.171 e. The zero-order valence-electron chi connectivity index (χ0n) is 14.6. The Morgan fingerprint density at radius 3 is 2.67 bits per heavy atom. The Morgan fingerprint density at radius 1 is 1.15 bits per heavy atom. The Hall–Kier alpha value is -3.06. The van der Waals surface area contributed by atoms with Crippen molar-refractivity contribution in [2.45, 2.75) is 6.92 Å². The number of fused-ring (bicyclic) bond motifs is 1. The average Bonchev–Trinajstić information content (AvgIpc) is 3.04. The molecule has 3 aromatic heterocycles. The summed E-state index contributed by atoms with van der Waals surface area (Å²) in [5.41, 5.74) is 3.95. The van der Waals surface area contributed by atoms with Crippen molar-refractivity contribution < 1.29 is 9.13 Å². The first-order valence-electron chi connectivity index (χ1n) is 8.31. The van der Waals surface area contributed by atoms with Crippen molar-refractivity contribution in [1.82, 2.24) is 24.7 Å². The van der Waals surface area contributed by atoms with Crippen molar-refractivity contribution in [1.29, 1.82) is 0 Å². The second-order valence-corrected chi connectivity index (χ2v) is 6.23. The van der Waals surface area contributed by atoms with Gasteiger partial charge in [-0.25, -0.2) is 19.3 Å². The van der Waals surface area contributed by atoms with Crippen LogP contribution in [0, 0.1) is 5.82 Å². The van der Waals surface area contributed by atoms with Gasteiger partial charge in [0.15, 0.2) is 10.9 Å². The summed E-state index contributed by atoms with van der Waals surface area (Å²) in [6.45, 7) is 2.35. The average molecular weight is 384 g/mol. The van der Waals surface area contributed by atoms with E-state index in [0.29, 0.717) is 34.8 Å². The first kappa shape index (κ1) is 17.4. The van der Waals surface area contributed by atoms with Gasteiger partial charge in [0.05, 0.1) is 12.1 Å². The predicted octanol–water partition coefficient (Wildman–Crippen LogP) is 4.28. The van der Waals surface area contributed by atoms with E-state index in [4.69, 9.17) is 16.3 Å². The topological polar surface area (TPSA) is 65.7 Å². The van der Waals surface area contributed by atoms with Crippen molar-refractivity contribution in [3.05, 3.63) is 53.8 Å². The van der Waals surface area contributed by atoms with Gasteiger partial charge in [0, 0.05) is 30.4 Å². The van der Waals surface area contributed by atoms with Crippen LogP contribution in [0.4, 0.5) is 4.39 Å². The van der Waals surface area contributed by atoms with Gasteiger partial charge in [-0.2, -0.15) is 5.10 Å². The molecule has 0 spiro atoms. The van der Waals surface area contributed by atoms with E-state index < -0.39 is 0 Å². The van der Waals surface area contributed by atoms with Crippen LogP contribution in [0.2, 0.25) is 5.15 Å². The molecule has 1 aromatic carbocycles. The fourth-order valence-corrected chi connectivity index (χ4v) is 3.08. The third-order valence-corrected chi connectivity index (χ3v) is 4.30. The van der Waals surface area contributed by atoms with Crippen LogP contribution in [-0.4, -0.2) is 31.3 Å². The molecule has 0 aliphatic heterocycles. The summed E-state index contributed by atoms with van der Waals surface area (Å²) in [6, 6.07) is 7.90. The summed E-state index contributed by atoms with van der Waals surface area (Å²) in [5.74, 6) is 0.168. The number of hydrogen-bond acceptors (Lipinski definition) is 5. The molecule has 4 aromatic rings. The van der Waals surface area contributed by atoms with Crippen molar-refractivity contribution >= 4 is 22.6 Å². The van der Waals surface area contributed by atoms with Gasteiger partial charge >= 0.3 is 0 Å². The third-order valence-electron chi connectivity index (χ3n) is 4.03. The molecule has 6 nitrogen and oxygen atoms in total. The zero-order chi connectivity index (χ0) is 19.0. The molecule has 0 saturated carbocycles. The van der Waals surface area contributed by atoms with Crippen LogP contribution in [0.25, 0.3) is 33.5 Å². The molecule has 0 N–H and O–H groups in total. The van der Waals surface area contributed by atoms with Crippen LogP contribution in [0.15, 0.2) is 42.9 Å². The summed E-state index contributed by atoms with van der Waals surface area (Å²) >= 11 is 6.27. The highest BCUT2D eigenvalue weighted by Crippen LogP contribution is 2.35. The molecule has 0 bridgehead atoms. The number of hydrogen-bond donors (Lipinski definition) is 0. The number of benzene rings is 1. The highest BCUT2D eigenvalue weighted by molar-refractivity contribution is 6.31. The van der Waals surface area contributed by atoms with E-state index in [1.807, 2.05) is 20.2 Å². The van der Waals surface area contributed by atoms with E-state index in [-0.39, 0.29) is 11.0 Å². The highest BCUT2D eigenvalue weighted by Gasteiger charge is 2.18. The molecular weight excluding hydrogens is 369 g/mol. The molecule has 136 valence electrons. The largest absolute Gasteiger partial charge is 0.491 e. The van der Waals surface area contributed by atoms with Gasteiger partial charge in [-0.05, 0) is 31.2 Å². The van der Waals surface area contributed by atoms with Gasteiger partial charge in [0.1, 0.15) is 29.0 Å². The molecular formula is C19H15ClFN5O. The van der Waals surface area contributed by atoms with Crippen LogP contribution in [0.5, 0.6) is 5.75 Å². The molecule has 3 heterocycles. The normalized spacial score (nSPS) is 11.1. The van der Waals surface area contributed by atoms with Crippen molar-refractivity contribution in [2.24, 2.45) is 7.05 Å². The SMILES string of the molecule is CCOc1cc2ncnc(-c3cn(C)nc3-c3ccc(F)cc3)c2nc1Cl. The lowest BCUT2D eigenvalue weighted by atomic mass is 10.0. The molecule has 0 radical (unpaired) electrons. The van der Waals surface area contributed by atoms with E-state index in [0.717, 1.165) is 11.1 Å². The van der Waals surface area contributed by atoms with Crippen molar-refractivity contribution in [3.63, 3.8) is 0 Å². The number of rotatable bonds is 4. The molecule has 0 saturated heterocycles. The Labute approximate surface area is 159 Å². The minimum absolute atomic E-state index is 0.243. The second-order valence-electron chi connectivity index (χ2n) is 5.87. The van der Waals surface area contributed by atoms with Crippen LogP contribution in [0.1, 0.15) is 6.92 Å². The summed E-state index contributed by atoms with van der Waals surface area (Å²) < 4.78 is 20.5. The molecule has 8 heteroatoms. The van der Waals surface area contributed by atoms with E-state index in [2.05, 4.69) is 20.1 Å². The number of nitrogens with zero attached hydrogens (tertiary/aromatic N) is 5. The van der Waals surface area contributed by atoms with Crippen LogP contribution in [0.3, 0.4) is 0 Å². The van der Waals surface area contributed by atoms with Gasteiger partial charge in [-0.3, -0.25) is 4.68 Å². The lowest BCUT2D eigenvalue weighted by molar-refractivity contribution is 0.339. The third kappa shape index (κ3) is 3.21. The smallest absolute Gasteiger partial charge is 0.171 e. The Morgan fingerprint density at radius 2 is 1.93 bits per heavy atom. The first-order valence-corrected chi connectivity index (χ1v) is 8.68. The number of aryl methyl sites for hydroxylation is 1. The van der Waals surface area contributed by atoms with Crippen molar-refractivity contribution in [3.8, 4) is 28.3 Å². The monoisotopic (exact) mass is 383 g/mol. The van der Waals surface area contributed by atoms with Crippen LogP contribution >= 0.6 is 11.6 Å². The number of aromatic nitrogens is 5. The minimum Gasteiger partial charge on any atom is -0.491 e. The summed E-state index contributed by atoms with van der Waals surface area (Å²) in [4.78, 5) is 13.1. The minimum atomic E-state index is -0.305. The maximum absolute atomic E-state index is 13.3. The molecule has 4 rings (SSSR count). The van der Waals surface area contributed by atoms with Gasteiger partial charge in [-0.15, -0.1) is 0 Å². The standard InChI is InChI=1S/C19H15ClFN5O/c1-3-27-15-8-14-18(24-19(15)20)17(23-10-22-14)13-9-26(2)25-16(13)11-4-6-12(21)7-5-11/h4-10H,3H2,1-2H3. The summed E-state index contributed by atoms with van der Waals surface area (Å²) in [7, 11) is 1.81. The summed E-state index contributed by atoms with van der Waals surface area (Å²) in [5, 5.41) is 4.75. The van der Waals surface area contributed by atoms with Crippen LogP contribution in [-0.2, 0) is 7.05 Å². The lowest BCUT2D eigenvalue weighted by Gasteiger charge is -2.09. The molecule has 0 aliphatic carbocycles. The summed E-state index contributed by atoms with van der Waals surface area (Å²) in [6.07, 6.45) is 3.30. The van der Waals surface area contributed by atoms with E-state index in [9.17, 15) is 4.39 Å². The number of ether oxygens (including phenoxy) is 1. The zero-order valence-corrected chi connectivity index (χ0v) is 15.4. The lowest BCUT2D eigenvalue weighted by Crippen LogP contribution is -1.97. The van der Waals surface area contributed by atoms with Gasteiger partial charge in [0.25, 0.3) is 0 Å². The van der Waals surface area contributed by atoms with E-state index in [1.54, 1.807) is 22.9 Å². The van der Waals surface area contributed by atoms with E-state index >= 15 is 0 Å². The Balaban J connectivity index is 1.93. The molecule has 27 heavy (non-hydrogen) atoms.